The molecule has 2 aliphatic heterocycles. The van der Waals surface area contributed by atoms with E-state index < -0.39 is 78.6 Å². The SMILES string of the molecule is CCCCCCCCCNC(=O)C1=C[C@H](O)[C@H](O)[C@@H](O[C@@H](C(N)=O)[C@H]2O[C@@H](n3ccc(=O)[nH]c3=O)[C@H](O)[C@@H]2CO)O1. The van der Waals surface area contributed by atoms with Crippen LogP contribution in [0.1, 0.15) is 58.1 Å². The Balaban J connectivity index is 1.66. The van der Waals surface area contributed by atoms with Crippen molar-refractivity contribution in [2.45, 2.75) is 94.9 Å². The highest BCUT2D eigenvalue weighted by atomic mass is 16.7. The smallest absolute Gasteiger partial charge is 0.330 e. The molecule has 230 valence electrons. The molecule has 0 spiro atoms. The zero-order chi connectivity index (χ0) is 30.1. The summed E-state index contributed by atoms with van der Waals surface area (Å²) in [4.78, 5) is 50.7. The number of carbonyl (C=O) groups is 2. The van der Waals surface area contributed by atoms with Gasteiger partial charge in [0.2, 0.25) is 12.2 Å². The van der Waals surface area contributed by atoms with Crippen LogP contribution in [0.4, 0.5) is 0 Å². The number of carbonyl (C=O) groups excluding carboxylic acids is 2. The zero-order valence-electron chi connectivity index (χ0n) is 22.9. The minimum absolute atomic E-state index is 0.345. The minimum atomic E-state index is -1.77. The van der Waals surface area contributed by atoms with Crippen molar-refractivity contribution < 1.29 is 44.2 Å². The third kappa shape index (κ3) is 8.24. The lowest BCUT2D eigenvalue weighted by Gasteiger charge is -2.35. The topological polar surface area (TPSA) is 236 Å². The third-order valence-electron chi connectivity index (χ3n) is 7.13. The molecule has 41 heavy (non-hydrogen) atoms. The van der Waals surface area contributed by atoms with E-state index in [-0.39, 0.29) is 5.76 Å². The molecule has 0 bridgehead atoms. The Bertz CT molecular complexity index is 1170. The van der Waals surface area contributed by atoms with Gasteiger partial charge in [-0.15, -0.1) is 0 Å². The van der Waals surface area contributed by atoms with Crippen LogP contribution in [0.5, 0.6) is 0 Å². The summed E-state index contributed by atoms with van der Waals surface area (Å²) in [5, 5.41) is 44.1. The zero-order valence-corrected chi connectivity index (χ0v) is 22.9. The number of unbranched alkanes of at least 4 members (excludes halogenated alkanes) is 6. The summed E-state index contributed by atoms with van der Waals surface area (Å²) < 4.78 is 17.6. The number of hydrogen-bond donors (Lipinski definition) is 7. The third-order valence-corrected chi connectivity index (χ3v) is 7.13. The van der Waals surface area contributed by atoms with Gasteiger partial charge in [-0.25, -0.2) is 4.79 Å². The number of nitrogens with two attached hydrogens (primary N) is 1. The quantitative estimate of drug-likeness (QED) is 0.112. The van der Waals surface area contributed by atoms with E-state index in [1.807, 2.05) is 4.98 Å². The number of primary amides is 1. The number of nitrogens with one attached hydrogen (secondary N) is 2. The Morgan fingerprint density at radius 2 is 1.80 bits per heavy atom. The number of hydrogen-bond acceptors (Lipinski definition) is 11. The molecule has 0 saturated carbocycles. The Morgan fingerprint density at radius 1 is 1.12 bits per heavy atom. The number of ether oxygens (including phenoxy) is 3. The number of aromatic nitrogens is 2. The summed E-state index contributed by atoms with van der Waals surface area (Å²) in [6, 6.07) is 1.01. The van der Waals surface area contributed by atoms with Crippen molar-refractivity contribution in [2.24, 2.45) is 11.7 Å². The molecule has 0 radical (unpaired) electrons. The van der Waals surface area contributed by atoms with Crippen LogP contribution >= 0.6 is 0 Å². The summed E-state index contributed by atoms with van der Waals surface area (Å²) in [5.41, 5.74) is 3.92. The Labute approximate surface area is 235 Å². The molecule has 8 atom stereocenters. The van der Waals surface area contributed by atoms with E-state index >= 15 is 0 Å². The maximum absolute atomic E-state index is 12.7. The maximum atomic E-state index is 12.7. The van der Waals surface area contributed by atoms with Crippen LogP contribution in [0.2, 0.25) is 0 Å². The van der Waals surface area contributed by atoms with Crippen LogP contribution in [-0.2, 0) is 23.8 Å². The second-order valence-corrected chi connectivity index (χ2v) is 10.2. The largest absolute Gasteiger partial charge is 0.456 e. The number of H-pyrrole nitrogens is 1. The lowest BCUT2D eigenvalue weighted by molar-refractivity contribution is -0.239. The van der Waals surface area contributed by atoms with Gasteiger partial charge >= 0.3 is 5.69 Å². The van der Waals surface area contributed by atoms with Gasteiger partial charge in [0.1, 0.15) is 24.4 Å². The molecule has 0 aromatic carbocycles. The van der Waals surface area contributed by atoms with E-state index in [9.17, 15) is 39.6 Å². The van der Waals surface area contributed by atoms with Gasteiger partial charge in [0.15, 0.2) is 18.1 Å². The highest BCUT2D eigenvalue weighted by molar-refractivity contribution is 5.91. The number of aromatic amines is 1. The van der Waals surface area contributed by atoms with Crippen molar-refractivity contribution in [1.82, 2.24) is 14.9 Å². The molecule has 15 heteroatoms. The van der Waals surface area contributed by atoms with Crippen LogP contribution in [0.15, 0.2) is 33.7 Å². The van der Waals surface area contributed by atoms with Crippen LogP contribution in [0, 0.1) is 5.92 Å². The molecule has 1 aromatic rings. The standard InChI is InChI=1S/C26H40N4O11/c1-2-3-4-5-6-7-8-10-28-23(37)16-12-15(32)19(35)25(39-16)41-21(22(27)36)20-14(13-31)18(34)24(40-20)30-11-9-17(33)29-26(30)38/h9,11-12,14-15,18-21,24-25,31-32,34-35H,2-8,10,13H2,1H3,(H2,27,36)(H,28,37)(H,29,33,38)/t14-,15-,18+,19-,20-,21+,24+,25+/m0/s1. The van der Waals surface area contributed by atoms with E-state index in [4.69, 9.17) is 19.9 Å². The number of aliphatic hydroxyl groups excluding tert-OH is 4. The maximum Gasteiger partial charge on any atom is 0.330 e. The van der Waals surface area contributed by atoms with Gasteiger partial charge < -0.3 is 45.7 Å². The Morgan fingerprint density at radius 3 is 2.44 bits per heavy atom. The summed E-state index contributed by atoms with van der Waals surface area (Å²) in [7, 11) is 0. The lowest BCUT2D eigenvalue weighted by atomic mass is 9.94. The van der Waals surface area contributed by atoms with E-state index in [1.54, 1.807) is 0 Å². The van der Waals surface area contributed by atoms with E-state index in [1.165, 1.54) is 12.8 Å². The molecule has 2 aliphatic rings. The van der Waals surface area contributed by atoms with Gasteiger partial charge in [-0.05, 0) is 12.5 Å². The highest BCUT2D eigenvalue weighted by Gasteiger charge is 2.51. The average Bonchev–Trinajstić information content (AvgIpc) is 3.25. The van der Waals surface area contributed by atoms with Crippen molar-refractivity contribution in [2.75, 3.05) is 13.2 Å². The van der Waals surface area contributed by atoms with Crippen molar-refractivity contribution in [3.05, 3.63) is 44.9 Å². The lowest BCUT2D eigenvalue weighted by Crippen LogP contribution is -2.53. The predicted octanol–water partition coefficient (Wildman–Crippen LogP) is -1.90. The van der Waals surface area contributed by atoms with Crippen LogP contribution in [-0.4, -0.2) is 91.8 Å². The van der Waals surface area contributed by atoms with E-state index in [2.05, 4.69) is 12.2 Å². The Hall–Kier alpha value is -3.08. The van der Waals surface area contributed by atoms with Crippen LogP contribution in [0.3, 0.4) is 0 Å². The first-order valence-electron chi connectivity index (χ1n) is 13.8. The first-order valence-corrected chi connectivity index (χ1v) is 13.8. The molecule has 1 fully saturated rings. The molecule has 0 aliphatic carbocycles. The van der Waals surface area contributed by atoms with Crippen LogP contribution in [0.25, 0.3) is 0 Å². The molecular weight excluding hydrogens is 544 g/mol. The molecule has 8 N–H and O–H groups in total. The fourth-order valence-electron chi connectivity index (χ4n) is 4.82. The monoisotopic (exact) mass is 584 g/mol. The summed E-state index contributed by atoms with van der Waals surface area (Å²) in [6.45, 7) is 1.78. The molecular formula is C26H40N4O11. The second kappa shape index (κ2) is 15.2. The number of aliphatic hydroxyl groups is 4. The van der Waals surface area contributed by atoms with Crippen molar-refractivity contribution in [1.29, 1.82) is 0 Å². The van der Waals surface area contributed by atoms with Gasteiger partial charge in [0, 0.05) is 24.7 Å². The second-order valence-electron chi connectivity index (χ2n) is 10.2. The fraction of sp³-hybridized carbons (Fsp3) is 0.692. The molecule has 2 amide bonds. The Kier molecular flexibility index (Phi) is 12.1. The van der Waals surface area contributed by atoms with Gasteiger partial charge in [-0.3, -0.25) is 23.9 Å². The van der Waals surface area contributed by atoms with Crippen molar-refractivity contribution >= 4 is 11.8 Å². The molecule has 15 nitrogen and oxygen atoms in total. The van der Waals surface area contributed by atoms with Gasteiger partial charge in [0.05, 0.1) is 6.61 Å². The number of rotatable bonds is 15. The number of amides is 2. The normalized spacial score (nSPS) is 28.5. The molecule has 0 unspecified atom stereocenters. The minimum Gasteiger partial charge on any atom is -0.456 e. The van der Waals surface area contributed by atoms with Gasteiger partial charge in [-0.1, -0.05) is 45.4 Å². The summed E-state index contributed by atoms with van der Waals surface area (Å²) >= 11 is 0. The number of nitrogens with zero attached hydrogens (tertiary/aromatic N) is 1. The first-order chi connectivity index (χ1) is 19.6. The van der Waals surface area contributed by atoms with Crippen molar-refractivity contribution in [3.8, 4) is 0 Å². The molecule has 1 aromatic heterocycles. The van der Waals surface area contributed by atoms with E-state index in [0.29, 0.717) is 6.54 Å². The fourth-order valence-corrected chi connectivity index (χ4v) is 4.82. The summed E-state index contributed by atoms with van der Waals surface area (Å²) in [5.74, 6) is -3.35. The van der Waals surface area contributed by atoms with Crippen LogP contribution < -0.4 is 22.3 Å². The first kappa shape index (κ1) is 32.4. The van der Waals surface area contributed by atoms with Gasteiger partial charge in [0.25, 0.3) is 11.5 Å². The van der Waals surface area contributed by atoms with E-state index in [0.717, 1.165) is 55.0 Å². The highest BCUT2D eigenvalue weighted by Crippen LogP contribution is 2.36. The van der Waals surface area contributed by atoms with Gasteiger partial charge in [-0.2, -0.15) is 0 Å². The molecule has 3 heterocycles. The molecule has 1 saturated heterocycles. The average molecular weight is 585 g/mol. The summed E-state index contributed by atoms with van der Waals surface area (Å²) in [6.07, 6.45) is -1.86. The molecule has 3 rings (SSSR count). The predicted molar refractivity (Wildman–Crippen MR) is 142 cm³/mol. The van der Waals surface area contributed by atoms with Crippen molar-refractivity contribution in [3.63, 3.8) is 0 Å².